The summed E-state index contributed by atoms with van der Waals surface area (Å²) in [5.74, 6) is 0.121. The lowest BCUT2D eigenvalue weighted by molar-refractivity contribution is -0.128. The molecule has 0 bridgehead atoms. The third kappa shape index (κ3) is 3.79. The molecule has 2 aliphatic rings. The highest BCUT2D eigenvalue weighted by Gasteiger charge is 2.46. The molecule has 1 atom stereocenters. The van der Waals surface area contributed by atoms with Gasteiger partial charge in [-0.3, -0.25) is 14.4 Å². The Labute approximate surface area is 166 Å². The lowest BCUT2D eigenvalue weighted by atomic mass is 10.1. The second kappa shape index (κ2) is 7.09. The van der Waals surface area contributed by atoms with Gasteiger partial charge in [0.1, 0.15) is 21.7 Å². The molecule has 0 unspecified atom stereocenters. The fourth-order valence-corrected chi connectivity index (χ4v) is 4.93. The van der Waals surface area contributed by atoms with Gasteiger partial charge in [-0.25, -0.2) is 13.4 Å². The quantitative estimate of drug-likeness (QED) is 0.662. The van der Waals surface area contributed by atoms with Crippen LogP contribution in [0.1, 0.15) is 25.3 Å². The summed E-state index contributed by atoms with van der Waals surface area (Å²) in [7, 11) is -2.94. The van der Waals surface area contributed by atoms with E-state index in [1.54, 1.807) is 23.1 Å². The molecule has 2 aromatic rings. The van der Waals surface area contributed by atoms with Crippen LogP contribution in [0.2, 0.25) is 0 Å². The van der Waals surface area contributed by atoms with E-state index in [9.17, 15) is 18.3 Å². The normalized spacial score (nSPS) is 24.4. The predicted molar refractivity (Wildman–Crippen MR) is 102 cm³/mol. The van der Waals surface area contributed by atoms with Crippen LogP contribution in [0.3, 0.4) is 0 Å². The van der Waals surface area contributed by atoms with Crippen molar-refractivity contribution in [2.75, 3.05) is 28.3 Å². The highest BCUT2D eigenvalue weighted by Crippen LogP contribution is 2.28. The molecule has 152 valence electrons. The van der Waals surface area contributed by atoms with Crippen molar-refractivity contribution >= 4 is 33.2 Å². The third-order valence-corrected chi connectivity index (χ3v) is 6.87. The molecule has 4 rings (SSSR count). The van der Waals surface area contributed by atoms with Gasteiger partial charge >= 0.3 is 0 Å². The first kappa shape index (κ1) is 19.3. The van der Waals surface area contributed by atoms with Crippen molar-refractivity contribution in [3.8, 4) is 6.07 Å². The number of carbonyl (C=O) groups excluding carboxylic acids is 1. The van der Waals surface area contributed by atoms with Crippen molar-refractivity contribution in [3.05, 3.63) is 24.7 Å². The number of aromatic nitrogens is 4. The molecule has 4 heterocycles. The van der Waals surface area contributed by atoms with E-state index in [4.69, 9.17) is 5.26 Å². The number of rotatable bonds is 4. The van der Waals surface area contributed by atoms with Crippen LogP contribution in [-0.4, -0.2) is 62.8 Å². The Morgan fingerprint density at radius 3 is 2.79 bits per heavy atom. The van der Waals surface area contributed by atoms with Gasteiger partial charge < -0.3 is 10.4 Å². The topological polar surface area (TPSA) is 154 Å². The van der Waals surface area contributed by atoms with E-state index in [1.807, 2.05) is 0 Å². The second-order valence-corrected chi connectivity index (χ2v) is 9.44. The molecule has 2 saturated heterocycles. The first-order valence-corrected chi connectivity index (χ1v) is 10.9. The summed E-state index contributed by atoms with van der Waals surface area (Å²) in [6.07, 6.45) is 5.88. The number of carbonyl (C=O) groups is 1. The van der Waals surface area contributed by atoms with Crippen molar-refractivity contribution in [1.82, 2.24) is 19.7 Å². The van der Waals surface area contributed by atoms with Crippen LogP contribution in [0, 0.1) is 11.3 Å². The van der Waals surface area contributed by atoms with Crippen molar-refractivity contribution in [1.29, 1.82) is 5.26 Å². The molecular formula is C17H19N7O4S. The van der Waals surface area contributed by atoms with E-state index in [2.05, 4.69) is 20.4 Å². The molecule has 2 aromatic heterocycles. The first-order chi connectivity index (χ1) is 13.8. The average Bonchev–Trinajstić information content (AvgIpc) is 3.27. The highest BCUT2D eigenvalue weighted by molar-refractivity contribution is 7.91. The van der Waals surface area contributed by atoms with Crippen LogP contribution in [0.4, 0.5) is 17.5 Å². The van der Waals surface area contributed by atoms with E-state index in [1.165, 1.54) is 17.2 Å². The van der Waals surface area contributed by atoms with Gasteiger partial charge in [-0.05, 0) is 18.9 Å². The van der Waals surface area contributed by atoms with E-state index in [0.29, 0.717) is 18.5 Å². The maximum Gasteiger partial charge on any atom is 0.275 e. The Morgan fingerprint density at radius 2 is 2.10 bits per heavy atom. The minimum Gasteiger partial charge on any atom is -0.368 e. The lowest BCUT2D eigenvalue weighted by Gasteiger charge is -2.22. The van der Waals surface area contributed by atoms with Gasteiger partial charge in [-0.1, -0.05) is 0 Å². The second-order valence-electron chi connectivity index (χ2n) is 7.13. The van der Waals surface area contributed by atoms with Crippen LogP contribution >= 0.6 is 0 Å². The molecule has 1 amide bonds. The molecule has 0 radical (unpaired) electrons. The number of amides is 1. The monoisotopic (exact) mass is 417 g/mol. The third-order valence-electron chi connectivity index (χ3n) is 5.15. The zero-order valence-electron chi connectivity index (χ0n) is 15.4. The van der Waals surface area contributed by atoms with Crippen LogP contribution in [-0.2, 0) is 14.6 Å². The van der Waals surface area contributed by atoms with Crippen LogP contribution in [0.5, 0.6) is 0 Å². The van der Waals surface area contributed by atoms with Crippen LogP contribution in [0.25, 0.3) is 0 Å². The Morgan fingerprint density at radius 1 is 1.34 bits per heavy atom. The molecule has 0 aromatic carbocycles. The highest BCUT2D eigenvalue weighted by atomic mass is 32.2. The molecule has 2 aliphatic heterocycles. The number of hydrogen-bond acceptors (Lipinski definition) is 9. The Kier molecular flexibility index (Phi) is 4.71. The van der Waals surface area contributed by atoms with Gasteiger partial charge in [0.2, 0.25) is 11.5 Å². The Balaban J connectivity index is 1.46. The maximum absolute atomic E-state index is 12.3. The van der Waals surface area contributed by atoms with Crippen LogP contribution < -0.4 is 10.2 Å². The molecule has 29 heavy (non-hydrogen) atoms. The van der Waals surface area contributed by atoms with Crippen molar-refractivity contribution < 1.29 is 18.3 Å². The number of hydrogen-bond donors (Lipinski definition) is 2. The molecule has 2 fully saturated rings. The molecule has 11 nitrogen and oxygen atoms in total. The summed E-state index contributed by atoms with van der Waals surface area (Å²) in [6, 6.07) is 3.19. The SMILES string of the molecule is N#C[C@@]1(O)CCN(c2ccnc(Nc3cnn(C4CCS(=O)(=O)CC4)c3)n2)C1=O. The molecule has 0 aliphatic carbocycles. The number of aliphatic hydroxyl groups is 1. The van der Waals surface area contributed by atoms with Gasteiger partial charge in [0.25, 0.3) is 5.91 Å². The van der Waals surface area contributed by atoms with Crippen LogP contribution in [0.15, 0.2) is 24.7 Å². The average molecular weight is 417 g/mol. The summed E-state index contributed by atoms with van der Waals surface area (Å²) in [5, 5.41) is 26.3. The van der Waals surface area contributed by atoms with Crippen molar-refractivity contribution in [3.63, 3.8) is 0 Å². The van der Waals surface area contributed by atoms with Gasteiger partial charge in [-0.15, -0.1) is 0 Å². The number of nitrogens with zero attached hydrogens (tertiary/aromatic N) is 6. The Hall–Kier alpha value is -3.04. The maximum atomic E-state index is 12.3. The standard InChI is InChI=1S/C17H19N7O4S/c18-11-17(26)4-6-23(15(17)25)14-1-5-19-16(22-14)21-12-9-20-24(10-12)13-2-7-29(27,28)8-3-13/h1,5,9-10,13,26H,2-4,6-8H2,(H,19,21,22)/t17-/m0/s1. The van der Waals surface area contributed by atoms with Gasteiger partial charge in [0.05, 0.1) is 29.4 Å². The molecule has 0 spiro atoms. The zero-order chi connectivity index (χ0) is 20.6. The van der Waals surface area contributed by atoms with Crippen molar-refractivity contribution in [2.45, 2.75) is 30.9 Å². The largest absolute Gasteiger partial charge is 0.368 e. The molecular weight excluding hydrogens is 398 g/mol. The lowest BCUT2D eigenvalue weighted by Crippen LogP contribution is -2.39. The summed E-state index contributed by atoms with van der Waals surface area (Å²) < 4.78 is 24.9. The molecule has 2 N–H and O–H groups in total. The number of anilines is 3. The fourth-order valence-electron chi connectivity index (χ4n) is 3.46. The van der Waals surface area contributed by atoms with Gasteiger partial charge in [0.15, 0.2) is 0 Å². The fraction of sp³-hybridized carbons (Fsp3) is 0.471. The van der Waals surface area contributed by atoms with E-state index >= 15 is 0 Å². The van der Waals surface area contributed by atoms with E-state index in [0.717, 1.165) is 0 Å². The Bertz CT molecular complexity index is 1080. The summed E-state index contributed by atoms with van der Waals surface area (Å²) in [6.45, 7) is 0.182. The summed E-state index contributed by atoms with van der Waals surface area (Å²) in [5.41, 5.74) is -1.40. The first-order valence-electron chi connectivity index (χ1n) is 9.10. The predicted octanol–water partition coefficient (Wildman–Crippen LogP) is 0.158. The minimum absolute atomic E-state index is 0.0129. The van der Waals surface area contributed by atoms with Gasteiger partial charge in [0, 0.05) is 25.4 Å². The summed E-state index contributed by atoms with van der Waals surface area (Å²) >= 11 is 0. The number of nitriles is 1. The molecule has 12 heteroatoms. The minimum atomic E-state index is -2.94. The van der Waals surface area contributed by atoms with E-state index in [-0.39, 0.29) is 42.3 Å². The van der Waals surface area contributed by atoms with Crippen molar-refractivity contribution in [2.24, 2.45) is 0 Å². The number of sulfone groups is 1. The smallest absolute Gasteiger partial charge is 0.275 e. The molecule has 0 saturated carbocycles. The zero-order valence-corrected chi connectivity index (χ0v) is 16.2. The van der Waals surface area contributed by atoms with Gasteiger partial charge in [-0.2, -0.15) is 15.3 Å². The summed E-state index contributed by atoms with van der Waals surface area (Å²) in [4.78, 5) is 21.9. The number of nitrogens with one attached hydrogen (secondary N) is 1. The van der Waals surface area contributed by atoms with E-state index < -0.39 is 21.3 Å².